The molecule has 2 aromatic rings. The van der Waals surface area contributed by atoms with Crippen molar-refractivity contribution in [2.24, 2.45) is 17.6 Å². The van der Waals surface area contributed by atoms with Crippen molar-refractivity contribution in [1.82, 2.24) is 47.1 Å². The maximum absolute atomic E-state index is 14.5. The second kappa shape index (κ2) is 26.3. The Kier molecular flexibility index (Phi) is 21.5. The number of rotatable bonds is 16. The number of nitrogens with zero attached hydrogens (tertiary/aromatic N) is 1. The number of likely N-dealkylation sites (tertiary alicyclic amines) is 1. The summed E-state index contributed by atoms with van der Waals surface area (Å²) in [5.41, 5.74) is 7.59. The van der Waals surface area contributed by atoms with Crippen LogP contribution in [0.2, 0.25) is 18.1 Å². The molecule has 1 unspecified atom stereocenters. The zero-order valence-electron chi connectivity index (χ0n) is 43.8. The van der Waals surface area contributed by atoms with Crippen LogP contribution in [0.1, 0.15) is 73.3 Å². The molecule has 12 N–H and O–H groups in total. The van der Waals surface area contributed by atoms with Crippen molar-refractivity contribution in [1.29, 1.82) is 0 Å². The summed E-state index contributed by atoms with van der Waals surface area (Å²) in [7, 11) is -0.838. The number of carbonyl (C=O) groups is 9. The molecule has 408 valence electrons. The van der Waals surface area contributed by atoms with Gasteiger partial charge in [0.15, 0.2) is 8.32 Å². The molecule has 1 saturated heterocycles. The maximum atomic E-state index is 14.5. The first-order valence-corrected chi connectivity index (χ1v) is 28.4. The van der Waals surface area contributed by atoms with Crippen molar-refractivity contribution in [3.05, 3.63) is 23.8 Å². The van der Waals surface area contributed by atoms with Crippen LogP contribution in [0.3, 0.4) is 0 Å². The third-order valence-electron chi connectivity index (χ3n) is 14.0. The van der Waals surface area contributed by atoms with Gasteiger partial charge in [-0.15, -0.1) is 18.2 Å². The van der Waals surface area contributed by atoms with E-state index in [0.717, 1.165) is 16.7 Å². The number of benzene rings is 1. The summed E-state index contributed by atoms with van der Waals surface area (Å²) in [5, 5.41) is 39.0. The number of methoxy groups -OCH3 is 1. The number of hydrogen-bond acceptors (Lipinski definition) is 14. The number of carbonyl (C=O) groups excluding carboxylic acids is 8. The van der Waals surface area contributed by atoms with E-state index in [0.29, 0.717) is 33.7 Å². The molecule has 74 heavy (non-hydrogen) atoms. The Morgan fingerprint density at radius 2 is 1.68 bits per heavy atom. The summed E-state index contributed by atoms with van der Waals surface area (Å²) in [6, 6.07) is -3.42. The molecule has 0 bridgehead atoms. The van der Waals surface area contributed by atoms with Gasteiger partial charge in [0.2, 0.25) is 47.3 Å². The van der Waals surface area contributed by atoms with Gasteiger partial charge >= 0.3 is 5.97 Å². The number of aliphatic hydroxyl groups excluding tert-OH is 1. The molecule has 1 fully saturated rings. The zero-order chi connectivity index (χ0) is 55.4. The van der Waals surface area contributed by atoms with Gasteiger partial charge in [-0.1, -0.05) is 53.9 Å². The molecule has 1 aromatic carbocycles. The molecule has 1 aromatic heterocycles. The first-order valence-electron chi connectivity index (χ1n) is 24.5. The molecule has 0 saturated carbocycles. The molecular formula is C49H74N10O13SSi. The summed E-state index contributed by atoms with van der Waals surface area (Å²) in [6.07, 6.45) is 2.80. The minimum Gasteiger partial charge on any atom is -0.497 e. The highest BCUT2D eigenvalue weighted by Crippen LogP contribution is 2.38. The van der Waals surface area contributed by atoms with Gasteiger partial charge in [-0.25, -0.2) is 4.79 Å². The minimum absolute atomic E-state index is 0.138. The Morgan fingerprint density at radius 3 is 2.28 bits per heavy atom. The highest BCUT2D eigenvalue weighted by molar-refractivity contribution is 7.99. The largest absolute Gasteiger partial charge is 0.497 e. The second-order valence-electron chi connectivity index (χ2n) is 20.4. The van der Waals surface area contributed by atoms with E-state index in [9.17, 15) is 53.4 Å². The van der Waals surface area contributed by atoms with E-state index in [1.54, 1.807) is 39.0 Å². The molecule has 0 spiro atoms. The first-order chi connectivity index (χ1) is 34.6. The molecule has 2 aliphatic heterocycles. The second-order valence-corrected chi connectivity index (χ2v) is 26.1. The molecule has 25 heteroatoms. The number of aromatic amines is 1. The fourth-order valence-corrected chi connectivity index (χ4v) is 10.7. The van der Waals surface area contributed by atoms with Crippen molar-refractivity contribution in [3.63, 3.8) is 0 Å². The lowest BCUT2D eigenvalue weighted by Crippen LogP contribution is -2.59. The van der Waals surface area contributed by atoms with E-state index in [1.165, 1.54) is 7.11 Å². The van der Waals surface area contributed by atoms with Crippen molar-refractivity contribution in [3.8, 4) is 18.1 Å². The van der Waals surface area contributed by atoms with E-state index >= 15 is 0 Å². The van der Waals surface area contributed by atoms with Crippen LogP contribution in [-0.2, 0) is 54.0 Å². The Hall–Kier alpha value is -6.20. The van der Waals surface area contributed by atoms with Crippen LogP contribution in [0, 0.1) is 24.2 Å². The Morgan fingerprint density at radius 1 is 1.03 bits per heavy atom. The highest BCUT2D eigenvalue weighted by atomic mass is 32.2. The average molecular weight is 1070 g/mol. The standard InChI is InChI=1S/C49H74N10O13SSi/c1-12-16-51-37(61)20-34(47(68)59-23-28(60)17-36(59)48(69)70)56-43(65)35-24-73-46-31(30-15-14-29(71-9)18-32(30)57-46)19-33(55-44(66)40(50)26(4)27(5)72-74(10,11)49(6,7)8)42(64)52-22-39(63)58-41(25(3)13-2)45(67)53-21-38(62)54-35/h1,14-15,18,25-28,33-36,40-41,57,60H,13,16-17,19-24,50H2,2-11H3,(H,51,61)(H,52,64)(H,53,67)(H,54,62)(H,55,66)(H,56,65)(H,58,63)(H,69,70)/t25-,26-,27?,28+,33+,34+,35+,36-,40-,41-/m0/s1. The number of β-amino-alcohol motifs (C(OH)–C–C–N with tert-alkyl or cyclic N) is 1. The normalized spacial score (nSPS) is 22.6. The van der Waals surface area contributed by atoms with Crippen molar-refractivity contribution in [2.45, 2.75) is 146 Å². The summed E-state index contributed by atoms with van der Waals surface area (Å²) in [5.74, 6) is -6.69. The first kappa shape index (κ1) is 60.4. The van der Waals surface area contributed by atoms with Crippen molar-refractivity contribution < 1.29 is 62.5 Å². The zero-order valence-corrected chi connectivity index (χ0v) is 45.6. The minimum atomic E-state index is -2.31. The molecular weight excluding hydrogens is 997 g/mol. The number of ether oxygens (including phenoxy) is 1. The molecule has 8 amide bonds. The third kappa shape index (κ3) is 15.9. The number of H-pyrrole nitrogens is 1. The number of amides is 8. The van der Waals surface area contributed by atoms with Gasteiger partial charge in [-0.3, -0.25) is 38.4 Å². The van der Waals surface area contributed by atoms with Crippen LogP contribution in [0.25, 0.3) is 10.9 Å². The SMILES string of the molecule is C#CCNC(=O)C[C@@H](NC(=O)[C@H]1CSc2[nH]c3cc(OC)ccc3c2C[C@@H](NC(=O)[C@@H](N)[C@@H](C)C(C)O[Si](C)(C)C(C)(C)C)C(=O)NCC(=O)N[C@@H]([C@@H](C)CC)C(=O)NCC(=O)N1)C(=O)N1C[C@H](O)C[C@H]1C(=O)O. The molecule has 0 radical (unpaired) electrons. The van der Waals surface area contributed by atoms with Crippen LogP contribution < -0.4 is 47.7 Å². The topological polar surface area (TPSA) is 342 Å². The lowest BCUT2D eigenvalue weighted by Gasteiger charge is -2.40. The summed E-state index contributed by atoms with van der Waals surface area (Å²) < 4.78 is 12.0. The maximum Gasteiger partial charge on any atom is 0.326 e. The predicted octanol–water partition coefficient (Wildman–Crippen LogP) is -0.398. The van der Waals surface area contributed by atoms with E-state index in [-0.39, 0.29) is 30.2 Å². The van der Waals surface area contributed by atoms with Gasteiger partial charge in [0.05, 0.1) is 55.9 Å². The fourth-order valence-electron chi connectivity index (χ4n) is 8.08. The number of aromatic nitrogens is 1. The van der Waals surface area contributed by atoms with Gasteiger partial charge < -0.3 is 72.2 Å². The number of fused-ring (bicyclic) bond motifs is 3. The van der Waals surface area contributed by atoms with Crippen LogP contribution in [-0.4, -0.2) is 169 Å². The third-order valence-corrected chi connectivity index (χ3v) is 19.7. The van der Waals surface area contributed by atoms with E-state index < -0.39 is 148 Å². The van der Waals surface area contributed by atoms with Gasteiger partial charge in [0, 0.05) is 48.6 Å². The molecule has 23 nitrogen and oxygen atoms in total. The van der Waals surface area contributed by atoms with Crippen LogP contribution in [0.15, 0.2) is 23.2 Å². The summed E-state index contributed by atoms with van der Waals surface area (Å²) in [4.78, 5) is 127. The lowest BCUT2D eigenvalue weighted by molar-refractivity contribution is -0.149. The summed E-state index contributed by atoms with van der Waals surface area (Å²) in [6.45, 7) is 15.6. The monoisotopic (exact) mass is 1070 g/mol. The molecule has 2 aliphatic rings. The number of aliphatic hydroxyl groups is 1. The van der Waals surface area contributed by atoms with Crippen LogP contribution in [0.5, 0.6) is 5.75 Å². The molecule has 3 heterocycles. The van der Waals surface area contributed by atoms with Crippen LogP contribution in [0.4, 0.5) is 0 Å². The number of nitrogens with one attached hydrogen (secondary N) is 8. The summed E-state index contributed by atoms with van der Waals surface area (Å²) >= 11 is 0.998. The quantitative estimate of drug-likeness (QED) is 0.0753. The van der Waals surface area contributed by atoms with Crippen molar-refractivity contribution >= 4 is 84.2 Å². The van der Waals surface area contributed by atoms with Gasteiger partial charge in [0.1, 0.15) is 36.0 Å². The number of nitrogens with two attached hydrogens (primary N) is 1. The molecule has 4 rings (SSSR count). The Bertz CT molecular complexity index is 2460. The number of carboxylic acids is 1. The van der Waals surface area contributed by atoms with E-state index in [2.05, 4.69) is 82.0 Å². The van der Waals surface area contributed by atoms with Gasteiger partial charge in [-0.2, -0.15) is 0 Å². The van der Waals surface area contributed by atoms with Crippen molar-refractivity contribution in [2.75, 3.05) is 39.0 Å². The van der Waals surface area contributed by atoms with Crippen LogP contribution >= 0.6 is 11.8 Å². The number of thioether (sulfide) groups is 1. The highest BCUT2D eigenvalue weighted by Gasteiger charge is 2.44. The predicted molar refractivity (Wildman–Crippen MR) is 278 cm³/mol. The number of hydrogen-bond donors (Lipinski definition) is 11. The van der Waals surface area contributed by atoms with E-state index in [4.69, 9.17) is 21.3 Å². The van der Waals surface area contributed by atoms with Gasteiger partial charge in [0.25, 0.3) is 0 Å². The van der Waals surface area contributed by atoms with Gasteiger partial charge in [-0.05, 0) is 48.7 Å². The van der Waals surface area contributed by atoms with E-state index in [1.807, 2.05) is 6.92 Å². The number of aliphatic carboxylic acids is 1. The Balaban J connectivity index is 1.81. The lowest BCUT2D eigenvalue weighted by atomic mass is 9.96. The average Bonchev–Trinajstić information content (AvgIpc) is 3.91. The fraction of sp³-hybridized carbons (Fsp3) is 0.612. The molecule has 0 aliphatic carbocycles. The number of carboxylic acid groups (broad SMARTS) is 1. The number of terminal acetylenes is 1. The Labute approximate surface area is 436 Å². The smallest absolute Gasteiger partial charge is 0.326 e. The molecule has 10 atom stereocenters.